The van der Waals surface area contributed by atoms with E-state index in [0.29, 0.717) is 35.5 Å². The van der Waals surface area contributed by atoms with Crippen LogP contribution in [0.15, 0.2) is 12.1 Å². The summed E-state index contributed by atoms with van der Waals surface area (Å²) in [5, 5.41) is 10.2. The van der Waals surface area contributed by atoms with Gasteiger partial charge in [-0.2, -0.15) is 0 Å². The number of fused-ring (bicyclic) bond motifs is 5. The first kappa shape index (κ1) is 15.3. The van der Waals surface area contributed by atoms with E-state index in [1.807, 2.05) is 13.0 Å². The van der Waals surface area contributed by atoms with Gasteiger partial charge in [-0.1, -0.05) is 6.92 Å². The molecule has 5 atom stereocenters. The molecular weight excluding hydrogens is 286 g/mol. The highest BCUT2D eigenvalue weighted by Crippen LogP contribution is 2.60. The minimum absolute atomic E-state index is 0.299. The monoisotopic (exact) mass is 315 g/mol. The number of hydrogen-bond acceptors (Lipinski definition) is 3. The normalized spacial score (nSPS) is 38.6. The van der Waals surface area contributed by atoms with Crippen LogP contribution in [0, 0.1) is 17.3 Å². The molecule has 0 bridgehead atoms. The predicted molar refractivity (Wildman–Crippen MR) is 91.9 cm³/mol. The lowest BCUT2D eigenvalue weighted by atomic mass is 9.55. The second-order valence-corrected chi connectivity index (χ2v) is 8.10. The van der Waals surface area contributed by atoms with Gasteiger partial charge in [0.15, 0.2) is 11.5 Å². The maximum Gasteiger partial charge on any atom is 0.161 e. The van der Waals surface area contributed by atoms with Gasteiger partial charge in [-0.3, -0.25) is 0 Å². The van der Waals surface area contributed by atoms with E-state index in [1.165, 1.54) is 43.2 Å². The van der Waals surface area contributed by atoms with Gasteiger partial charge in [0.25, 0.3) is 0 Å². The van der Waals surface area contributed by atoms with Crippen molar-refractivity contribution in [3.63, 3.8) is 0 Å². The van der Waals surface area contributed by atoms with Gasteiger partial charge in [0.1, 0.15) is 0 Å². The Hall–Kier alpha value is -1.22. The number of ether oxygens (including phenoxy) is 1. The summed E-state index contributed by atoms with van der Waals surface area (Å²) in [6.07, 6.45) is 7.29. The lowest BCUT2D eigenvalue weighted by molar-refractivity contribution is 0.0495. The summed E-state index contributed by atoms with van der Waals surface area (Å²) in [6, 6.07) is 4.46. The Kier molecular flexibility index (Phi) is 3.60. The highest BCUT2D eigenvalue weighted by atomic mass is 16.5. The average molecular weight is 315 g/mol. The van der Waals surface area contributed by atoms with E-state index < -0.39 is 0 Å². The largest absolute Gasteiger partial charge is 0.504 e. The Morgan fingerprint density at radius 3 is 2.87 bits per heavy atom. The minimum atomic E-state index is 0.299. The van der Waals surface area contributed by atoms with Crippen LogP contribution in [-0.2, 0) is 6.42 Å². The fourth-order valence-electron chi connectivity index (χ4n) is 5.90. The van der Waals surface area contributed by atoms with E-state index in [9.17, 15) is 5.11 Å². The first-order chi connectivity index (χ1) is 11.0. The van der Waals surface area contributed by atoms with E-state index in [1.54, 1.807) is 0 Å². The molecule has 0 radical (unpaired) electrons. The topological polar surface area (TPSA) is 55.5 Å². The standard InChI is InChI=1S/C20H29NO2/c1-3-23-18-11-15-12(10-17(18)22)4-5-14-13(15)8-9-20(2)16(14)6-7-19(20)21/h10-11,13-14,16,19,22H,3-9,21H2,1-2H3/t13-,14+,16-,19-,20-/m0/s1. The Balaban J connectivity index is 1.70. The number of benzene rings is 1. The molecule has 2 fully saturated rings. The summed E-state index contributed by atoms with van der Waals surface area (Å²) in [5.41, 5.74) is 9.58. The van der Waals surface area contributed by atoms with Crippen molar-refractivity contribution in [3.8, 4) is 11.5 Å². The van der Waals surface area contributed by atoms with Gasteiger partial charge >= 0.3 is 0 Å². The molecular formula is C20H29NO2. The number of phenolic OH excluding ortho intramolecular Hbond substituents is 1. The van der Waals surface area contributed by atoms with Gasteiger partial charge in [-0.25, -0.2) is 0 Å². The van der Waals surface area contributed by atoms with Crippen LogP contribution < -0.4 is 10.5 Å². The van der Waals surface area contributed by atoms with E-state index in [0.717, 1.165) is 18.3 Å². The lowest BCUT2D eigenvalue weighted by Gasteiger charge is -2.50. The van der Waals surface area contributed by atoms with Gasteiger partial charge < -0.3 is 15.6 Å². The quantitative estimate of drug-likeness (QED) is 0.868. The number of phenols is 1. The van der Waals surface area contributed by atoms with Crippen molar-refractivity contribution >= 4 is 0 Å². The molecule has 23 heavy (non-hydrogen) atoms. The number of aryl methyl sites for hydroxylation is 1. The molecule has 3 aliphatic rings. The van der Waals surface area contributed by atoms with Gasteiger partial charge in [0.05, 0.1) is 6.61 Å². The molecule has 0 unspecified atom stereocenters. The maximum absolute atomic E-state index is 10.2. The van der Waals surface area contributed by atoms with Crippen LogP contribution in [0.1, 0.15) is 63.0 Å². The molecule has 4 rings (SSSR count). The third-order valence-corrected chi connectivity index (χ3v) is 7.18. The van der Waals surface area contributed by atoms with Crippen molar-refractivity contribution in [2.75, 3.05) is 6.61 Å². The Morgan fingerprint density at radius 2 is 2.09 bits per heavy atom. The van der Waals surface area contributed by atoms with Gasteiger partial charge in [0.2, 0.25) is 0 Å². The minimum Gasteiger partial charge on any atom is -0.504 e. The van der Waals surface area contributed by atoms with Crippen LogP contribution in [0.2, 0.25) is 0 Å². The number of hydrogen-bond donors (Lipinski definition) is 2. The van der Waals surface area contributed by atoms with Crippen molar-refractivity contribution < 1.29 is 9.84 Å². The Labute approximate surface area is 139 Å². The summed E-state index contributed by atoms with van der Waals surface area (Å²) in [5.74, 6) is 3.11. The van der Waals surface area contributed by atoms with Crippen LogP contribution >= 0.6 is 0 Å². The third kappa shape index (κ3) is 2.20. The van der Waals surface area contributed by atoms with Crippen molar-refractivity contribution in [2.24, 2.45) is 23.0 Å². The van der Waals surface area contributed by atoms with Crippen molar-refractivity contribution in [1.29, 1.82) is 0 Å². The summed E-state index contributed by atoms with van der Waals surface area (Å²) in [6.45, 7) is 4.99. The Morgan fingerprint density at radius 1 is 1.26 bits per heavy atom. The zero-order chi connectivity index (χ0) is 16.2. The van der Waals surface area contributed by atoms with Crippen LogP contribution in [-0.4, -0.2) is 17.8 Å². The molecule has 126 valence electrons. The van der Waals surface area contributed by atoms with Gasteiger partial charge in [-0.05, 0) is 91.9 Å². The van der Waals surface area contributed by atoms with Crippen molar-refractivity contribution in [1.82, 2.24) is 0 Å². The zero-order valence-electron chi connectivity index (χ0n) is 14.3. The molecule has 0 amide bonds. The number of nitrogens with two attached hydrogens (primary N) is 1. The summed E-state index contributed by atoms with van der Waals surface area (Å²) in [7, 11) is 0. The van der Waals surface area contributed by atoms with E-state index >= 15 is 0 Å². The average Bonchev–Trinajstić information content (AvgIpc) is 2.84. The Bertz CT molecular complexity index is 614. The molecule has 0 aliphatic heterocycles. The van der Waals surface area contributed by atoms with E-state index in [4.69, 9.17) is 10.5 Å². The SMILES string of the molecule is CCOc1cc2c(cc1O)CC[C@@H]1[C@@H]2CC[C@]2(C)[C@@H](N)CC[C@@H]12. The van der Waals surface area contributed by atoms with E-state index in [-0.39, 0.29) is 0 Å². The van der Waals surface area contributed by atoms with Gasteiger partial charge in [-0.15, -0.1) is 0 Å². The molecule has 2 saturated carbocycles. The molecule has 3 heteroatoms. The number of rotatable bonds is 2. The molecule has 0 heterocycles. The molecule has 0 spiro atoms. The first-order valence-electron chi connectivity index (χ1n) is 9.28. The zero-order valence-corrected chi connectivity index (χ0v) is 14.3. The van der Waals surface area contributed by atoms with Crippen LogP contribution in [0.25, 0.3) is 0 Å². The molecule has 3 aliphatic carbocycles. The highest BCUT2D eigenvalue weighted by molar-refractivity contribution is 5.49. The van der Waals surface area contributed by atoms with Crippen LogP contribution in [0.4, 0.5) is 0 Å². The fourth-order valence-corrected chi connectivity index (χ4v) is 5.90. The molecule has 3 nitrogen and oxygen atoms in total. The summed E-state index contributed by atoms with van der Waals surface area (Å²) < 4.78 is 5.64. The van der Waals surface area contributed by atoms with E-state index in [2.05, 4.69) is 13.0 Å². The molecule has 1 aromatic carbocycles. The van der Waals surface area contributed by atoms with Crippen LogP contribution in [0.3, 0.4) is 0 Å². The molecule has 3 N–H and O–H groups in total. The maximum atomic E-state index is 10.2. The van der Waals surface area contributed by atoms with Crippen LogP contribution in [0.5, 0.6) is 11.5 Å². The first-order valence-corrected chi connectivity index (χ1v) is 9.28. The fraction of sp³-hybridized carbons (Fsp3) is 0.700. The smallest absolute Gasteiger partial charge is 0.161 e. The molecule has 1 aromatic rings. The highest BCUT2D eigenvalue weighted by Gasteiger charge is 2.53. The number of aromatic hydroxyl groups is 1. The van der Waals surface area contributed by atoms with Gasteiger partial charge in [0, 0.05) is 6.04 Å². The molecule has 0 saturated heterocycles. The van der Waals surface area contributed by atoms with Crippen molar-refractivity contribution in [2.45, 2.75) is 64.3 Å². The molecule has 0 aromatic heterocycles. The summed E-state index contributed by atoms with van der Waals surface area (Å²) in [4.78, 5) is 0. The predicted octanol–water partition coefficient (Wildman–Crippen LogP) is 3.97. The third-order valence-electron chi connectivity index (χ3n) is 7.18. The second-order valence-electron chi connectivity index (χ2n) is 8.10. The lowest BCUT2D eigenvalue weighted by Crippen LogP contribution is -2.46. The van der Waals surface area contributed by atoms with Crippen molar-refractivity contribution in [3.05, 3.63) is 23.3 Å². The second kappa shape index (κ2) is 5.41. The summed E-state index contributed by atoms with van der Waals surface area (Å²) >= 11 is 0.